The van der Waals surface area contributed by atoms with Gasteiger partial charge in [0, 0.05) is 24.3 Å². The number of nitrogens with two attached hydrogens (primary N) is 1. The third-order valence-corrected chi connectivity index (χ3v) is 2.20. The molecule has 1 heterocycles. The van der Waals surface area contributed by atoms with Gasteiger partial charge in [-0.15, -0.1) is 0 Å². The van der Waals surface area contributed by atoms with Crippen LogP contribution in [0.5, 0.6) is 11.6 Å². The van der Waals surface area contributed by atoms with Crippen molar-refractivity contribution in [1.82, 2.24) is 4.98 Å². The van der Waals surface area contributed by atoms with Crippen LogP contribution in [0.3, 0.4) is 0 Å². The van der Waals surface area contributed by atoms with E-state index in [9.17, 15) is 13.6 Å². The Morgan fingerprint density at radius 1 is 1.21 bits per heavy atom. The molecule has 7 heteroatoms. The highest BCUT2D eigenvalue weighted by Gasteiger charge is 2.11. The van der Waals surface area contributed by atoms with Crippen molar-refractivity contribution in [3.63, 3.8) is 0 Å². The van der Waals surface area contributed by atoms with Gasteiger partial charge in [-0.3, -0.25) is 0 Å². The first-order chi connectivity index (χ1) is 8.95. The van der Waals surface area contributed by atoms with Gasteiger partial charge in [0.1, 0.15) is 17.4 Å². The summed E-state index contributed by atoms with van der Waals surface area (Å²) in [6, 6.07) is 3.65. The molecular weight excluding hydrogens is 258 g/mol. The summed E-state index contributed by atoms with van der Waals surface area (Å²) in [5.41, 5.74) is 5.17. The van der Waals surface area contributed by atoms with Crippen LogP contribution < -0.4 is 10.5 Å². The number of carbonyl (C=O) groups is 1. The highest BCUT2D eigenvalue weighted by atomic mass is 19.1. The minimum Gasteiger partial charge on any atom is -0.478 e. The number of nitrogen functional groups attached to an aromatic ring is 1. The van der Waals surface area contributed by atoms with Gasteiger partial charge in [0.05, 0.1) is 17.4 Å². The molecule has 19 heavy (non-hydrogen) atoms. The Balaban J connectivity index is 2.33. The van der Waals surface area contributed by atoms with E-state index in [1.54, 1.807) is 0 Å². The number of aromatic nitrogens is 1. The van der Waals surface area contributed by atoms with Gasteiger partial charge in [0.25, 0.3) is 0 Å². The second-order valence-corrected chi connectivity index (χ2v) is 3.62. The van der Waals surface area contributed by atoms with E-state index in [1.807, 2.05) is 0 Å². The predicted molar refractivity (Wildman–Crippen MR) is 62.0 cm³/mol. The summed E-state index contributed by atoms with van der Waals surface area (Å²) in [5.74, 6) is -3.15. The van der Waals surface area contributed by atoms with Crippen molar-refractivity contribution in [3.8, 4) is 11.6 Å². The van der Waals surface area contributed by atoms with Crippen LogP contribution in [-0.2, 0) is 0 Å². The number of nitrogens with zero attached hydrogens (tertiary/aromatic N) is 1. The van der Waals surface area contributed by atoms with Crippen molar-refractivity contribution < 1.29 is 23.4 Å². The van der Waals surface area contributed by atoms with Gasteiger partial charge in [0.15, 0.2) is 0 Å². The lowest BCUT2D eigenvalue weighted by Gasteiger charge is -2.07. The quantitative estimate of drug-likeness (QED) is 0.891. The van der Waals surface area contributed by atoms with Crippen LogP contribution >= 0.6 is 0 Å². The van der Waals surface area contributed by atoms with E-state index in [0.717, 1.165) is 24.4 Å². The summed E-state index contributed by atoms with van der Waals surface area (Å²) in [5, 5.41) is 8.86. The molecule has 0 unspecified atom stereocenters. The van der Waals surface area contributed by atoms with Crippen LogP contribution in [0.1, 0.15) is 10.4 Å². The first-order valence-corrected chi connectivity index (χ1v) is 5.08. The normalized spacial score (nSPS) is 10.2. The van der Waals surface area contributed by atoms with E-state index in [1.165, 1.54) is 0 Å². The Morgan fingerprint density at radius 2 is 1.84 bits per heavy atom. The van der Waals surface area contributed by atoms with Crippen LogP contribution in [-0.4, -0.2) is 16.1 Å². The van der Waals surface area contributed by atoms with Crippen LogP contribution in [0.4, 0.5) is 14.5 Å². The second-order valence-electron chi connectivity index (χ2n) is 3.62. The minimum absolute atomic E-state index is 0.0368. The van der Waals surface area contributed by atoms with Gasteiger partial charge >= 0.3 is 5.97 Å². The molecular formula is C12H8F2N2O3. The molecule has 0 fully saturated rings. The molecule has 5 nitrogen and oxygen atoms in total. The maximum Gasteiger partial charge on any atom is 0.338 e. The number of ether oxygens (including phenoxy) is 1. The Morgan fingerprint density at radius 3 is 2.42 bits per heavy atom. The molecule has 0 amide bonds. The van der Waals surface area contributed by atoms with Crippen LogP contribution in [0.15, 0.2) is 30.5 Å². The fraction of sp³-hybridized carbons (Fsp3) is 0. The number of carboxylic acids is 1. The fourth-order valence-electron chi connectivity index (χ4n) is 1.40. The third kappa shape index (κ3) is 2.95. The highest BCUT2D eigenvalue weighted by molar-refractivity contribution is 5.93. The monoisotopic (exact) mass is 266 g/mol. The van der Waals surface area contributed by atoms with E-state index in [0.29, 0.717) is 6.07 Å². The molecule has 0 bridgehead atoms. The maximum absolute atomic E-state index is 12.9. The summed E-state index contributed by atoms with van der Waals surface area (Å²) in [6.07, 6.45) is 1.09. The SMILES string of the molecule is Nc1cnc(Oc2cc(F)cc(F)c2)cc1C(=O)O. The molecule has 0 spiro atoms. The average Bonchev–Trinajstić information content (AvgIpc) is 2.30. The summed E-state index contributed by atoms with van der Waals surface area (Å²) < 4.78 is 31.0. The second kappa shape index (κ2) is 4.89. The first kappa shape index (κ1) is 12.7. The average molecular weight is 266 g/mol. The molecule has 1 aromatic carbocycles. The van der Waals surface area contributed by atoms with Crippen molar-refractivity contribution in [2.75, 3.05) is 5.73 Å². The zero-order valence-corrected chi connectivity index (χ0v) is 9.43. The number of anilines is 1. The third-order valence-electron chi connectivity index (χ3n) is 2.20. The number of hydrogen-bond acceptors (Lipinski definition) is 4. The van der Waals surface area contributed by atoms with Gasteiger partial charge in [-0.2, -0.15) is 0 Å². The number of pyridine rings is 1. The minimum atomic E-state index is -1.25. The smallest absolute Gasteiger partial charge is 0.338 e. The van der Waals surface area contributed by atoms with Gasteiger partial charge in [-0.25, -0.2) is 18.6 Å². The number of hydrogen-bond donors (Lipinski definition) is 2. The van der Waals surface area contributed by atoms with Gasteiger partial charge in [-0.05, 0) is 0 Å². The van der Waals surface area contributed by atoms with Crippen molar-refractivity contribution in [2.45, 2.75) is 0 Å². The van der Waals surface area contributed by atoms with Crippen molar-refractivity contribution in [2.24, 2.45) is 0 Å². The molecule has 0 atom stereocenters. The number of halogens is 2. The predicted octanol–water partition coefficient (Wildman–Crippen LogP) is 2.43. The summed E-state index contributed by atoms with van der Waals surface area (Å²) in [4.78, 5) is 14.6. The summed E-state index contributed by atoms with van der Waals surface area (Å²) in [6.45, 7) is 0. The molecule has 0 aliphatic rings. The molecule has 2 aromatic rings. The lowest BCUT2D eigenvalue weighted by atomic mass is 10.2. The molecule has 0 saturated heterocycles. The maximum atomic E-state index is 12.9. The van der Waals surface area contributed by atoms with Crippen molar-refractivity contribution in [3.05, 3.63) is 47.7 Å². The molecule has 0 radical (unpaired) electrons. The fourth-order valence-corrected chi connectivity index (χ4v) is 1.40. The Hall–Kier alpha value is -2.70. The molecule has 1 aromatic heterocycles. The van der Waals surface area contributed by atoms with Gasteiger partial charge in [-0.1, -0.05) is 0 Å². The first-order valence-electron chi connectivity index (χ1n) is 5.08. The largest absolute Gasteiger partial charge is 0.478 e. The van der Waals surface area contributed by atoms with Crippen molar-refractivity contribution in [1.29, 1.82) is 0 Å². The highest BCUT2D eigenvalue weighted by Crippen LogP contribution is 2.24. The molecule has 0 saturated carbocycles. The molecule has 98 valence electrons. The van der Waals surface area contributed by atoms with Crippen LogP contribution in [0, 0.1) is 11.6 Å². The number of benzene rings is 1. The standard InChI is InChI=1S/C12H8F2N2O3/c13-6-1-7(14)3-8(2-6)19-11-4-9(12(17)18)10(15)5-16-11/h1-5H,15H2,(H,17,18). The number of aromatic carboxylic acids is 1. The topological polar surface area (TPSA) is 85.4 Å². The lowest BCUT2D eigenvalue weighted by Crippen LogP contribution is -2.03. The Labute approximate surface area is 106 Å². The summed E-state index contributed by atoms with van der Waals surface area (Å²) >= 11 is 0. The van der Waals surface area contributed by atoms with E-state index < -0.39 is 17.6 Å². The number of carboxylic acid groups (broad SMARTS) is 1. The Bertz CT molecular complexity index is 627. The van der Waals surface area contributed by atoms with E-state index in [2.05, 4.69) is 4.98 Å². The van der Waals surface area contributed by atoms with Gasteiger partial charge in [0.2, 0.25) is 5.88 Å². The molecule has 0 aliphatic carbocycles. The van der Waals surface area contributed by atoms with Crippen LogP contribution in [0.2, 0.25) is 0 Å². The lowest BCUT2D eigenvalue weighted by molar-refractivity contribution is 0.0697. The van der Waals surface area contributed by atoms with Crippen LogP contribution in [0.25, 0.3) is 0 Å². The zero-order valence-electron chi connectivity index (χ0n) is 9.43. The molecule has 2 rings (SSSR count). The van der Waals surface area contributed by atoms with Crippen molar-refractivity contribution >= 4 is 11.7 Å². The van der Waals surface area contributed by atoms with E-state index >= 15 is 0 Å². The Kier molecular flexibility index (Phi) is 3.28. The zero-order chi connectivity index (χ0) is 14.0. The van der Waals surface area contributed by atoms with E-state index in [4.69, 9.17) is 15.6 Å². The molecule has 0 aliphatic heterocycles. The number of rotatable bonds is 3. The molecule has 3 N–H and O–H groups in total. The van der Waals surface area contributed by atoms with E-state index in [-0.39, 0.29) is 22.9 Å². The summed E-state index contributed by atoms with van der Waals surface area (Å²) in [7, 11) is 0. The van der Waals surface area contributed by atoms with Gasteiger partial charge < -0.3 is 15.6 Å².